The van der Waals surface area contributed by atoms with Gasteiger partial charge in [-0.05, 0) is 48.4 Å². The second-order valence-electron chi connectivity index (χ2n) is 4.89. The maximum Gasteiger partial charge on any atom is 0.337 e. The summed E-state index contributed by atoms with van der Waals surface area (Å²) in [5.41, 5.74) is 2.35. The highest BCUT2D eigenvalue weighted by Gasteiger charge is 2.26. The number of anilines is 1. The average molecular weight is 336 g/mol. The van der Waals surface area contributed by atoms with Crippen molar-refractivity contribution in [3.05, 3.63) is 58.6 Å². The van der Waals surface area contributed by atoms with Crippen LogP contribution in [0.15, 0.2) is 47.4 Å². The van der Waals surface area contributed by atoms with Gasteiger partial charge in [-0.3, -0.25) is 4.31 Å². The highest BCUT2D eigenvalue weighted by Crippen LogP contribution is 2.32. The van der Waals surface area contributed by atoms with Crippen LogP contribution in [0, 0.1) is 0 Å². The minimum atomic E-state index is -1.33. The van der Waals surface area contributed by atoms with Crippen molar-refractivity contribution >= 4 is 34.2 Å². The Balaban J connectivity index is 1.94. The van der Waals surface area contributed by atoms with Crippen LogP contribution in [0.5, 0.6) is 0 Å². The second kappa shape index (κ2) is 6.10. The monoisotopic (exact) mass is 335 g/mol. The SMILES string of the molecule is COC(=O)c1ccc2c(c1)N(S(=O)c1ccc(Cl)cc1)CC2. The molecule has 1 aliphatic heterocycles. The second-order valence-corrected chi connectivity index (χ2v) is 6.74. The lowest BCUT2D eigenvalue weighted by molar-refractivity contribution is 0.0601. The molecule has 22 heavy (non-hydrogen) atoms. The van der Waals surface area contributed by atoms with E-state index in [-0.39, 0.29) is 0 Å². The Morgan fingerprint density at radius 2 is 1.95 bits per heavy atom. The van der Waals surface area contributed by atoms with E-state index in [1.54, 1.807) is 40.7 Å². The Morgan fingerprint density at radius 1 is 1.23 bits per heavy atom. The Hall–Kier alpha value is -1.85. The summed E-state index contributed by atoms with van der Waals surface area (Å²) in [6.07, 6.45) is 0.802. The molecule has 3 rings (SSSR count). The summed E-state index contributed by atoms with van der Waals surface area (Å²) < 4.78 is 19.3. The number of hydrogen-bond acceptors (Lipinski definition) is 3. The van der Waals surface area contributed by atoms with E-state index in [1.807, 2.05) is 6.07 Å². The van der Waals surface area contributed by atoms with Gasteiger partial charge in [-0.15, -0.1) is 0 Å². The molecule has 0 aromatic heterocycles. The summed E-state index contributed by atoms with van der Waals surface area (Å²) in [7, 11) is 0.0172. The number of halogens is 1. The number of carbonyl (C=O) groups excluding carboxylic acids is 1. The molecule has 0 radical (unpaired) electrons. The summed E-state index contributed by atoms with van der Waals surface area (Å²) in [4.78, 5) is 12.3. The van der Waals surface area contributed by atoms with Gasteiger partial charge in [-0.25, -0.2) is 9.00 Å². The van der Waals surface area contributed by atoms with Gasteiger partial charge >= 0.3 is 5.97 Å². The lowest BCUT2D eigenvalue weighted by Crippen LogP contribution is -2.23. The minimum Gasteiger partial charge on any atom is -0.465 e. The fourth-order valence-corrected chi connectivity index (χ4v) is 3.80. The molecule has 0 fully saturated rings. The van der Waals surface area contributed by atoms with E-state index < -0.39 is 17.0 Å². The van der Waals surface area contributed by atoms with Crippen LogP contribution in [0.1, 0.15) is 15.9 Å². The van der Waals surface area contributed by atoms with Gasteiger partial charge in [0.2, 0.25) is 0 Å². The Kier molecular flexibility index (Phi) is 4.18. The van der Waals surface area contributed by atoms with E-state index in [2.05, 4.69) is 0 Å². The number of methoxy groups -OCH3 is 1. The van der Waals surface area contributed by atoms with E-state index in [1.165, 1.54) is 7.11 Å². The molecule has 0 aliphatic carbocycles. The Bertz CT molecular complexity index is 746. The zero-order chi connectivity index (χ0) is 15.7. The number of ether oxygens (including phenoxy) is 1. The summed E-state index contributed by atoms with van der Waals surface area (Å²) in [6.45, 7) is 0.648. The molecule has 6 heteroatoms. The molecule has 0 saturated heterocycles. The van der Waals surface area contributed by atoms with Gasteiger partial charge in [0.15, 0.2) is 11.0 Å². The molecule has 0 saturated carbocycles. The third kappa shape index (κ3) is 2.74. The predicted molar refractivity (Wildman–Crippen MR) is 86.7 cm³/mol. The Labute approximate surface area is 136 Å². The zero-order valence-electron chi connectivity index (χ0n) is 11.9. The number of fused-ring (bicyclic) bond motifs is 1. The van der Waals surface area contributed by atoms with Crippen LogP contribution in [-0.4, -0.2) is 23.8 Å². The summed E-state index contributed by atoms with van der Waals surface area (Å²) in [5.74, 6) is -0.396. The predicted octanol–water partition coefficient (Wildman–Crippen LogP) is 3.21. The topological polar surface area (TPSA) is 46.6 Å². The smallest absolute Gasteiger partial charge is 0.337 e. The minimum absolute atomic E-state index is 0.396. The van der Waals surface area contributed by atoms with Gasteiger partial charge in [0, 0.05) is 11.6 Å². The first kappa shape index (κ1) is 15.1. The van der Waals surface area contributed by atoms with Crippen molar-refractivity contribution in [3.8, 4) is 0 Å². The van der Waals surface area contributed by atoms with E-state index in [4.69, 9.17) is 16.3 Å². The zero-order valence-corrected chi connectivity index (χ0v) is 13.5. The fraction of sp³-hybridized carbons (Fsp3) is 0.188. The molecule has 0 N–H and O–H groups in total. The maximum absolute atomic E-state index is 12.7. The molecule has 2 aromatic carbocycles. The normalized spacial score (nSPS) is 14.5. The molecule has 1 aliphatic rings. The first-order valence-electron chi connectivity index (χ1n) is 6.76. The van der Waals surface area contributed by atoms with E-state index in [9.17, 15) is 9.00 Å². The third-order valence-corrected chi connectivity index (χ3v) is 5.28. The number of benzene rings is 2. The van der Waals surface area contributed by atoms with Crippen LogP contribution in [0.4, 0.5) is 5.69 Å². The lowest BCUT2D eigenvalue weighted by atomic mass is 10.1. The van der Waals surface area contributed by atoms with Gasteiger partial charge in [-0.1, -0.05) is 17.7 Å². The van der Waals surface area contributed by atoms with Crippen LogP contribution >= 0.6 is 11.6 Å². The van der Waals surface area contributed by atoms with Crippen molar-refractivity contribution in [2.24, 2.45) is 0 Å². The molecule has 1 atom stereocenters. The first-order chi connectivity index (χ1) is 10.6. The van der Waals surface area contributed by atoms with Crippen LogP contribution < -0.4 is 4.31 Å². The molecular weight excluding hydrogens is 322 g/mol. The van der Waals surface area contributed by atoms with Gasteiger partial charge in [0.05, 0.1) is 23.3 Å². The number of esters is 1. The largest absolute Gasteiger partial charge is 0.465 e. The standard InChI is InChI=1S/C16H14ClNO3S/c1-21-16(19)12-3-2-11-8-9-18(15(11)10-12)22(20)14-6-4-13(17)5-7-14/h2-7,10H,8-9H2,1H3. The molecule has 1 unspecified atom stereocenters. The highest BCUT2D eigenvalue weighted by atomic mass is 35.5. The summed E-state index contributed by atoms with van der Waals surface area (Å²) in [6, 6.07) is 12.3. The van der Waals surface area contributed by atoms with Gasteiger partial charge in [0.25, 0.3) is 0 Å². The molecule has 114 valence electrons. The van der Waals surface area contributed by atoms with Crippen molar-refractivity contribution in [2.75, 3.05) is 18.0 Å². The van der Waals surface area contributed by atoms with E-state index in [0.717, 1.165) is 17.7 Å². The van der Waals surface area contributed by atoms with E-state index >= 15 is 0 Å². The van der Waals surface area contributed by atoms with Crippen molar-refractivity contribution in [3.63, 3.8) is 0 Å². The lowest BCUT2D eigenvalue weighted by Gasteiger charge is -2.18. The molecule has 1 heterocycles. The summed E-state index contributed by atoms with van der Waals surface area (Å²) in [5, 5.41) is 0.607. The molecular formula is C16H14ClNO3S. The summed E-state index contributed by atoms with van der Waals surface area (Å²) >= 11 is 5.86. The molecule has 0 amide bonds. The third-order valence-electron chi connectivity index (χ3n) is 3.57. The van der Waals surface area contributed by atoms with Crippen LogP contribution in [0.25, 0.3) is 0 Å². The molecule has 2 aromatic rings. The highest BCUT2D eigenvalue weighted by molar-refractivity contribution is 7.86. The molecule has 0 spiro atoms. The van der Waals surface area contributed by atoms with E-state index in [0.29, 0.717) is 22.0 Å². The number of nitrogens with zero attached hydrogens (tertiary/aromatic N) is 1. The van der Waals surface area contributed by atoms with Gasteiger partial charge < -0.3 is 4.74 Å². The van der Waals surface area contributed by atoms with Gasteiger partial charge in [-0.2, -0.15) is 0 Å². The number of carbonyl (C=O) groups is 1. The quantitative estimate of drug-likeness (QED) is 0.809. The average Bonchev–Trinajstić information content (AvgIpc) is 2.97. The Morgan fingerprint density at radius 3 is 2.64 bits per heavy atom. The molecule has 4 nitrogen and oxygen atoms in total. The van der Waals surface area contributed by atoms with Crippen molar-refractivity contribution < 1.29 is 13.7 Å². The van der Waals surface area contributed by atoms with Crippen molar-refractivity contribution in [1.82, 2.24) is 0 Å². The van der Waals surface area contributed by atoms with Crippen LogP contribution in [0.2, 0.25) is 5.02 Å². The van der Waals surface area contributed by atoms with Crippen molar-refractivity contribution in [2.45, 2.75) is 11.3 Å². The number of hydrogen-bond donors (Lipinski definition) is 0. The van der Waals surface area contributed by atoms with Crippen LogP contribution in [-0.2, 0) is 22.1 Å². The maximum atomic E-state index is 12.7. The van der Waals surface area contributed by atoms with Gasteiger partial charge in [0.1, 0.15) is 0 Å². The first-order valence-corrected chi connectivity index (χ1v) is 8.25. The number of rotatable bonds is 3. The molecule has 0 bridgehead atoms. The van der Waals surface area contributed by atoms with Crippen molar-refractivity contribution in [1.29, 1.82) is 0 Å². The van der Waals surface area contributed by atoms with Crippen LogP contribution in [0.3, 0.4) is 0 Å². The fourth-order valence-electron chi connectivity index (χ4n) is 2.45.